The highest BCUT2D eigenvalue weighted by Crippen LogP contribution is 2.16. The van der Waals surface area contributed by atoms with Gasteiger partial charge in [-0.05, 0) is 66.6 Å². The van der Waals surface area contributed by atoms with Crippen LogP contribution in [-0.2, 0) is 22.5 Å². The van der Waals surface area contributed by atoms with Gasteiger partial charge in [-0.2, -0.15) is 0 Å². The summed E-state index contributed by atoms with van der Waals surface area (Å²) in [5.74, 6) is -0.561. The Morgan fingerprint density at radius 1 is 0.848 bits per heavy atom. The van der Waals surface area contributed by atoms with E-state index in [4.69, 9.17) is 9.47 Å². The Morgan fingerprint density at radius 2 is 1.48 bits per heavy atom. The molecule has 0 radical (unpaired) electrons. The standard InChI is InChI=1S/C25H23FN2O5/c1-2-32-25(31)33-22-13-7-19(8-14-22)24(30)28-21-11-5-18(6-12-21)16-27-23(29)15-17-3-9-20(26)10-4-17/h3-14H,2,15-16H2,1H3,(H,27,29)(H,28,30). The highest BCUT2D eigenvalue weighted by molar-refractivity contribution is 6.04. The van der Waals surface area contributed by atoms with Gasteiger partial charge in [-0.1, -0.05) is 24.3 Å². The third-order valence-corrected chi connectivity index (χ3v) is 4.56. The number of halogens is 1. The molecule has 0 aliphatic heterocycles. The summed E-state index contributed by atoms with van der Waals surface area (Å²) >= 11 is 0. The van der Waals surface area contributed by atoms with Crippen molar-refractivity contribution < 1.29 is 28.2 Å². The van der Waals surface area contributed by atoms with Crippen molar-refractivity contribution in [2.24, 2.45) is 0 Å². The Labute approximate surface area is 190 Å². The molecule has 0 spiro atoms. The van der Waals surface area contributed by atoms with Crippen LogP contribution < -0.4 is 15.4 Å². The molecule has 0 saturated heterocycles. The predicted molar refractivity (Wildman–Crippen MR) is 120 cm³/mol. The summed E-state index contributed by atoms with van der Waals surface area (Å²) in [6.45, 7) is 2.21. The Hall–Kier alpha value is -4.20. The van der Waals surface area contributed by atoms with Crippen LogP contribution in [0.25, 0.3) is 0 Å². The largest absolute Gasteiger partial charge is 0.513 e. The van der Waals surface area contributed by atoms with Crippen molar-refractivity contribution in [1.29, 1.82) is 0 Å². The second-order valence-corrected chi connectivity index (χ2v) is 7.04. The summed E-state index contributed by atoms with van der Waals surface area (Å²) in [6, 6.07) is 18.9. The molecule has 3 rings (SSSR count). The van der Waals surface area contributed by atoms with Crippen LogP contribution in [0.2, 0.25) is 0 Å². The van der Waals surface area contributed by atoms with Gasteiger partial charge in [0.15, 0.2) is 0 Å². The summed E-state index contributed by atoms with van der Waals surface area (Å²) < 4.78 is 22.6. The lowest BCUT2D eigenvalue weighted by Gasteiger charge is -2.09. The second-order valence-electron chi connectivity index (χ2n) is 7.04. The zero-order valence-corrected chi connectivity index (χ0v) is 18.0. The molecule has 0 aliphatic rings. The number of carbonyl (C=O) groups excluding carboxylic acids is 3. The molecule has 3 aromatic carbocycles. The zero-order valence-electron chi connectivity index (χ0n) is 18.0. The molecule has 0 unspecified atom stereocenters. The molecular formula is C25H23FN2O5. The maximum Gasteiger partial charge on any atom is 0.513 e. The van der Waals surface area contributed by atoms with Gasteiger partial charge in [-0.25, -0.2) is 9.18 Å². The fourth-order valence-electron chi connectivity index (χ4n) is 2.88. The highest BCUT2D eigenvalue weighted by Gasteiger charge is 2.09. The number of benzene rings is 3. The Morgan fingerprint density at radius 3 is 2.12 bits per heavy atom. The van der Waals surface area contributed by atoms with Gasteiger partial charge in [0.05, 0.1) is 13.0 Å². The van der Waals surface area contributed by atoms with E-state index >= 15 is 0 Å². The molecule has 0 fully saturated rings. The second kappa shape index (κ2) is 11.4. The van der Waals surface area contributed by atoms with E-state index in [9.17, 15) is 18.8 Å². The van der Waals surface area contributed by atoms with Crippen molar-refractivity contribution in [2.75, 3.05) is 11.9 Å². The minimum Gasteiger partial charge on any atom is -0.434 e. The Bertz CT molecular complexity index is 1100. The first-order chi connectivity index (χ1) is 15.9. The van der Waals surface area contributed by atoms with Gasteiger partial charge in [-0.15, -0.1) is 0 Å². The minimum absolute atomic E-state index is 0.165. The molecule has 2 amide bonds. The van der Waals surface area contributed by atoms with Gasteiger partial charge in [-0.3, -0.25) is 9.59 Å². The summed E-state index contributed by atoms with van der Waals surface area (Å²) in [5.41, 5.74) is 2.57. The van der Waals surface area contributed by atoms with Crippen molar-refractivity contribution in [3.63, 3.8) is 0 Å². The fraction of sp³-hybridized carbons (Fsp3) is 0.160. The summed E-state index contributed by atoms with van der Waals surface area (Å²) in [4.78, 5) is 35.8. The average Bonchev–Trinajstić information content (AvgIpc) is 2.81. The van der Waals surface area contributed by atoms with Crippen LogP contribution in [0, 0.1) is 5.82 Å². The Balaban J connectivity index is 1.47. The monoisotopic (exact) mass is 450 g/mol. The number of amides is 2. The minimum atomic E-state index is -0.804. The maximum absolute atomic E-state index is 12.9. The average molecular weight is 450 g/mol. The first-order valence-corrected chi connectivity index (χ1v) is 10.3. The van der Waals surface area contributed by atoms with Gasteiger partial charge in [0.2, 0.25) is 5.91 Å². The number of hydrogen-bond donors (Lipinski definition) is 2. The molecule has 170 valence electrons. The van der Waals surface area contributed by atoms with E-state index in [1.54, 1.807) is 43.3 Å². The van der Waals surface area contributed by atoms with Crippen LogP contribution in [0.4, 0.5) is 14.9 Å². The molecular weight excluding hydrogens is 427 g/mol. The topological polar surface area (TPSA) is 93.7 Å². The number of ether oxygens (including phenoxy) is 2. The number of carbonyl (C=O) groups is 3. The fourth-order valence-corrected chi connectivity index (χ4v) is 2.88. The number of nitrogens with one attached hydrogen (secondary N) is 2. The number of hydrogen-bond acceptors (Lipinski definition) is 5. The third kappa shape index (κ3) is 7.46. The predicted octanol–water partition coefficient (Wildman–Crippen LogP) is 4.47. The maximum atomic E-state index is 12.9. The van der Waals surface area contributed by atoms with E-state index in [-0.39, 0.29) is 36.4 Å². The first-order valence-electron chi connectivity index (χ1n) is 10.3. The van der Waals surface area contributed by atoms with E-state index < -0.39 is 6.16 Å². The quantitative estimate of drug-likeness (QED) is 0.390. The van der Waals surface area contributed by atoms with Crippen LogP contribution in [0.3, 0.4) is 0 Å². The van der Waals surface area contributed by atoms with Crippen LogP contribution in [0.1, 0.15) is 28.4 Å². The zero-order chi connectivity index (χ0) is 23.6. The molecule has 0 atom stereocenters. The van der Waals surface area contributed by atoms with E-state index in [1.807, 2.05) is 0 Å². The molecule has 33 heavy (non-hydrogen) atoms. The summed E-state index contributed by atoms with van der Waals surface area (Å²) in [7, 11) is 0. The molecule has 8 heteroatoms. The van der Waals surface area contributed by atoms with Crippen molar-refractivity contribution in [2.45, 2.75) is 19.9 Å². The van der Waals surface area contributed by atoms with Gasteiger partial charge < -0.3 is 20.1 Å². The van der Waals surface area contributed by atoms with Crippen LogP contribution >= 0.6 is 0 Å². The molecule has 0 heterocycles. The first kappa shape index (κ1) is 23.5. The molecule has 3 aromatic rings. The summed E-state index contributed by atoms with van der Waals surface area (Å²) in [6.07, 6.45) is -0.640. The smallest absolute Gasteiger partial charge is 0.434 e. The van der Waals surface area contributed by atoms with Crippen molar-refractivity contribution >= 4 is 23.7 Å². The van der Waals surface area contributed by atoms with Gasteiger partial charge in [0.25, 0.3) is 5.91 Å². The number of rotatable bonds is 8. The number of anilines is 1. The van der Waals surface area contributed by atoms with Gasteiger partial charge in [0.1, 0.15) is 11.6 Å². The van der Waals surface area contributed by atoms with Crippen molar-refractivity contribution in [1.82, 2.24) is 5.32 Å². The molecule has 0 aliphatic carbocycles. The lowest BCUT2D eigenvalue weighted by atomic mass is 10.1. The van der Waals surface area contributed by atoms with Crippen molar-refractivity contribution in [3.05, 3.63) is 95.3 Å². The van der Waals surface area contributed by atoms with Crippen LogP contribution in [0.15, 0.2) is 72.8 Å². The normalized spacial score (nSPS) is 10.2. The van der Waals surface area contributed by atoms with E-state index in [2.05, 4.69) is 10.6 Å². The van der Waals surface area contributed by atoms with Gasteiger partial charge in [0, 0.05) is 17.8 Å². The van der Waals surface area contributed by atoms with Crippen LogP contribution in [0.5, 0.6) is 5.75 Å². The van der Waals surface area contributed by atoms with E-state index in [0.29, 0.717) is 17.8 Å². The lowest BCUT2D eigenvalue weighted by molar-refractivity contribution is -0.120. The molecule has 0 bridgehead atoms. The van der Waals surface area contributed by atoms with E-state index in [0.717, 1.165) is 11.1 Å². The van der Waals surface area contributed by atoms with E-state index in [1.165, 1.54) is 36.4 Å². The molecule has 2 N–H and O–H groups in total. The molecule has 0 saturated carbocycles. The lowest BCUT2D eigenvalue weighted by Crippen LogP contribution is -2.24. The van der Waals surface area contributed by atoms with Crippen molar-refractivity contribution in [3.8, 4) is 5.75 Å². The highest BCUT2D eigenvalue weighted by atomic mass is 19.1. The third-order valence-electron chi connectivity index (χ3n) is 4.56. The summed E-state index contributed by atoms with van der Waals surface area (Å²) in [5, 5.41) is 5.59. The van der Waals surface area contributed by atoms with Gasteiger partial charge >= 0.3 is 6.16 Å². The van der Waals surface area contributed by atoms with Crippen LogP contribution in [-0.4, -0.2) is 24.6 Å². The molecule has 7 nitrogen and oxygen atoms in total. The Kier molecular flexibility index (Phi) is 8.13. The SMILES string of the molecule is CCOC(=O)Oc1ccc(C(=O)Nc2ccc(CNC(=O)Cc3ccc(F)cc3)cc2)cc1. The molecule has 0 aromatic heterocycles.